The number of aromatic hydroxyl groups is 1. The highest BCUT2D eigenvalue weighted by molar-refractivity contribution is 6.31. The van der Waals surface area contributed by atoms with Gasteiger partial charge in [-0.2, -0.15) is 0 Å². The third kappa shape index (κ3) is 2.48. The number of hydrazine groups is 1. The summed E-state index contributed by atoms with van der Waals surface area (Å²) in [6.45, 7) is 0. The number of hydrogen-bond acceptors (Lipinski definition) is 3. The lowest BCUT2D eigenvalue weighted by molar-refractivity contribution is 0.473. The van der Waals surface area contributed by atoms with Crippen molar-refractivity contribution >= 4 is 28.9 Å². The van der Waals surface area contributed by atoms with E-state index < -0.39 is 0 Å². The van der Waals surface area contributed by atoms with Crippen molar-refractivity contribution in [3.8, 4) is 5.75 Å². The second-order valence-corrected chi connectivity index (χ2v) is 5.35. The molecule has 102 valence electrons. The molecule has 1 unspecified atom stereocenters. The summed E-state index contributed by atoms with van der Waals surface area (Å²) < 4.78 is 0. The highest BCUT2D eigenvalue weighted by Gasteiger charge is 2.21. The van der Waals surface area contributed by atoms with Crippen LogP contribution in [-0.2, 0) is 0 Å². The van der Waals surface area contributed by atoms with Gasteiger partial charge in [-0.05, 0) is 35.9 Å². The summed E-state index contributed by atoms with van der Waals surface area (Å²) in [5.74, 6) is 0.176. The Hall–Kier alpha value is -1.68. The van der Waals surface area contributed by atoms with Crippen molar-refractivity contribution in [1.82, 2.24) is 10.9 Å². The third-order valence-electron chi connectivity index (χ3n) is 3.18. The van der Waals surface area contributed by atoms with Crippen molar-refractivity contribution in [3.05, 3.63) is 69.7 Å². The topological polar surface area (TPSA) is 44.3 Å². The summed E-state index contributed by atoms with van der Waals surface area (Å²) in [6, 6.07) is 12.5. The molecule has 0 spiro atoms. The first kappa shape index (κ1) is 13.3. The molecular weight excluding hydrogens is 295 g/mol. The molecule has 0 saturated heterocycles. The summed E-state index contributed by atoms with van der Waals surface area (Å²) in [6.07, 6.45) is 1.96. The zero-order chi connectivity index (χ0) is 14.1. The average molecular weight is 307 g/mol. The molecule has 0 bridgehead atoms. The molecular formula is C15H12Cl2N2O. The van der Waals surface area contributed by atoms with Crippen LogP contribution < -0.4 is 10.9 Å². The number of benzene rings is 2. The molecule has 2 aromatic rings. The van der Waals surface area contributed by atoms with Crippen LogP contribution in [0.5, 0.6) is 5.75 Å². The van der Waals surface area contributed by atoms with Gasteiger partial charge in [0.05, 0.1) is 11.7 Å². The van der Waals surface area contributed by atoms with Crippen LogP contribution in [0.4, 0.5) is 0 Å². The van der Waals surface area contributed by atoms with E-state index in [1.807, 2.05) is 30.3 Å². The van der Waals surface area contributed by atoms with E-state index in [2.05, 4.69) is 10.9 Å². The zero-order valence-corrected chi connectivity index (χ0v) is 11.9. The fraction of sp³-hybridized carbons (Fsp3) is 0.0667. The molecule has 3 rings (SSSR count). The van der Waals surface area contributed by atoms with E-state index in [9.17, 15) is 5.11 Å². The molecule has 3 nitrogen and oxygen atoms in total. The number of rotatable bonds is 2. The first-order valence-corrected chi connectivity index (χ1v) is 6.87. The van der Waals surface area contributed by atoms with E-state index in [0.717, 1.165) is 11.3 Å². The van der Waals surface area contributed by atoms with Gasteiger partial charge in [-0.25, -0.2) is 5.43 Å². The zero-order valence-electron chi connectivity index (χ0n) is 10.4. The van der Waals surface area contributed by atoms with Gasteiger partial charge in [0.15, 0.2) is 0 Å². The minimum Gasteiger partial charge on any atom is -0.507 e. The molecule has 1 heterocycles. The Labute approximate surface area is 126 Å². The average Bonchev–Trinajstić information content (AvgIpc) is 2.91. The second kappa shape index (κ2) is 5.37. The first-order valence-electron chi connectivity index (χ1n) is 6.12. The summed E-state index contributed by atoms with van der Waals surface area (Å²) in [5.41, 5.74) is 8.57. The van der Waals surface area contributed by atoms with E-state index in [-0.39, 0.29) is 11.8 Å². The molecule has 0 saturated carbocycles. The van der Waals surface area contributed by atoms with Gasteiger partial charge >= 0.3 is 0 Å². The minimum atomic E-state index is -0.0583. The highest BCUT2D eigenvalue weighted by atomic mass is 35.5. The van der Waals surface area contributed by atoms with E-state index in [1.54, 1.807) is 18.2 Å². The standard InChI is InChI=1S/C15H12Cl2N2O/c16-9-5-6-15(20)11(7-9)14-8-13(18-19-14)10-3-1-2-4-12(10)17/h1-8,13,18-20H. The molecule has 3 N–H and O–H groups in total. The Balaban J connectivity index is 1.96. The smallest absolute Gasteiger partial charge is 0.125 e. The SMILES string of the molecule is Oc1ccc(Cl)cc1C1=CC(c2ccccc2Cl)NN1. The van der Waals surface area contributed by atoms with E-state index >= 15 is 0 Å². The molecule has 0 amide bonds. The van der Waals surface area contributed by atoms with Crippen LogP contribution in [0.3, 0.4) is 0 Å². The van der Waals surface area contributed by atoms with Crippen molar-refractivity contribution in [3.63, 3.8) is 0 Å². The van der Waals surface area contributed by atoms with Crippen molar-refractivity contribution in [2.24, 2.45) is 0 Å². The molecule has 0 fully saturated rings. The number of hydrogen-bond donors (Lipinski definition) is 3. The van der Waals surface area contributed by atoms with Gasteiger partial charge in [-0.1, -0.05) is 41.4 Å². The Morgan fingerprint density at radius 1 is 1.05 bits per heavy atom. The largest absolute Gasteiger partial charge is 0.507 e. The van der Waals surface area contributed by atoms with Crippen LogP contribution in [0, 0.1) is 0 Å². The Morgan fingerprint density at radius 3 is 2.65 bits per heavy atom. The maximum absolute atomic E-state index is 9.91. The summed E-state index contributed by atoms with van der Waals surface area (Å²) >= 11 is 12.2. The van der Waals surface area contributed by atoms with Crippen molar-refractivity contribution in [2.75, 3.05) is 0 Å². The maximum Gasteiger partial charge on any atom is 0.125 e. The van der Waals surface area contributed by atoms with Gasteiger partial charge in [0.1, 0.15) is 5.75 Å². The summed E-state index contributed by atoms with van der Waals surface area (Å²) in [5, 5.41) is 11.2. The normalized spacial score (nSPS) is 17.7. The maximum atomic E-state index is 9.91. The lowest BCUT2D eigenvalue weighted by Gasteiger charge is -2.10. The molecule has 0 radical (unpaired) electrons. The lowest BCUT2D eigenvalue weighted by atomic mass is 10.0. The molecule has 1 atom stereocenters. The monoisotopic (exact) mass is 306 g/mol. The lowest BCUT2D eigenvalue weighted by Crippen LogP contribution is -2.26. The van der Waals surface area contributed by atoms with Crippen LogP contribution in [0.15, 0.2) is 48.5 Å². The highest BCUT2D eigenvalue weighted by Crippen LogP contribution is 2.32. The van der Waals surface area contributed by atoms with E-state index in [4.69, 9.17) is 23.2 Å². The molecule has 1 aliphatic rings. The molecule has 20 heavy (non-hydrogen) atoms. The summed E-state index contributed by atoms with van der Waals surface area (Å²) in [4.78, 5) is 0. The summed E-state index contributed by atoms with van der Waals surface area (Å²) in [7, 11) is 0. The Morgan fingerprint density at radius 2 is 1.85 bits per heavy atom. The molecule has 0 aliphatic carbocycles. The molecule has 1 aliphatic heterocycles. The van der Waals surface area contributed by atoms with Crippen LogP contribution in [-0.4, -0.2) is 5.11 Å². The number of halogens is 2. The molecule has 2 aromatic carbocycles. The molecule has 0 aromatic heterocycles. The van der Waals surface area contributed by atoms with Crippen LogP contribution >= 0.6 is 23.2 Å². The second-order valence-electron chi connectivity index (χ2n) is 4.51. The first-order chi connectivity index (χ1) is 9.65. The number of phenolic OH excluding ortho intramolecular Hbond substituents is 1. The van der Waals surface area contributed by atoms with Gasteiger partial charge < -0.3 is 10.5 Å². The number of phenols is 1. The predicted octanol–water partition coefficient (Wildman–Crippen LogP) is 3.89. The third-order valence-corrected chi connectivity index (χ3v) is 3.76. The van der Waals surface area contributed by atoms with Gasteiger partial charge in [0.25, 0.3) is 0 Å². The van der Waals surface area contributed by atoms with Gasteiger partial charge in [0, 0.05) is 15.6 Å². The molecule has 5 heteroatoms. The minimum absolute atomic E-state index is 0.0583. The fourth-order valence-corrected chi connectivity index (χ4v) is 2.61. The van der Waals surface area contributed by atoms with Crippen molar-refractivity contribution < 1.29 is 5.11 Å². The van der Waals surface area contributed by atoms with Crippen molar-refractivity contribution in [1.29, 1.82) is 0 Å². The van der Waals surface area contributed by atoms with Crippen LogP contribution in [0.2, 0.25) is 10.0 Å². The Kier molecular flexibility index (Phi) is 3.57. The van der Waals surface area contributed by atoms with Gasteiger partial charge in [0.2, 0.25) is 0 Å². The Bertz CT molecular complexity index is 685. The predicted molar refractivity (Wildman–Crippen MR) is 81.6 cm³/mol. The quantitative estimate of drug-likeness (QED) is 0.788. The van der Waals surface area contributed by atoms with E-state index in [1.165, 1.54) is 0 Å². The van der Waals surface area contributed by atoms with Crippen LogP contribution in [0.25, 0.3) is 5.70 Å². The van der Waals surface area contributed by atoms with Gasteiger partial charge in [-0.3, -0.25) is 0 Å². The van der Waals surface area contributed by atoms with E-state index in [0.29, 0.717) is 15.6 Å². The van der Waals surface area contributed by atoms with Gasteiger partial charge in [-0.15, -0.1) is 0 Å². The number of nitrogens with one attached hydrogen (secondary N) is 2. The van der Waals surface area contributed by atoms with Crippen LogP contribution in [0.1, 0.15) is 17.2 Å². The fourth-order valence-electron chi connectivity index (χ4n) is 2.18. The van der Waals surface area contributed by atoms with Crippen molar-refractivity contribution in [2.45, 2.75) is 6.04 Å².